The zero-order chi connectivity index (χ0) is 22.6. The van der Waals surface area contributed by atoms with Gasteiger partial charge in [0.05, 0.1) is 27.1 Å². The molecule has 1 aliphatic heterocycles. The molecule has 3 aromatic rings. The van der Waals surface area contributed by atoms with Gasteiger partial charge in [0.2, 0.25) is 5.89 Å². The number of nitrogens with two attached hydrogens (primary N) is 1. The van der Waals surface area contributed by atoms with Crippen LogP contribution in [-0.4, -0.2) is 35.0 Å². The number of hydrogen-bond acceptors (Lipinski definition) is 8. The lowest BCUT2D eigenvalue weighted by Gasteiger charge is -2.37. The number of halogens is 1. The van der Waals surface area contributed by atoms with Crippen LogP contribution < -0.4 is 5.73 Å². The molecule has 8 nitrogen and oxygen atoms in total. The zero-order valence-corrected chi connectivity index (χ0v) is 19.3. The Labute approximate surface area is 188 Å². The van der Waals surface area contributed by atoms with E-state index in [1.165, 1.54) is 11.3 Å². The van der Waals surface area contributed by atoms with Crippen molar-refractivity contribution in [1.29, 1.82) is 0 Å². The molecule has 1 atom stereocenters. The van der Waals surface area contributed by atoms with Crippen molar-refractivity contribution in [2.24, 2.45) is 10.7 Å². The molecular formula is C20H18ClN5O3S2. The Bertz CT molecular complexity index is 1350. The van der Waals surface area contributed by atoms with Gasteiger partial charge in [0.15, 0.2) is 15.5 Å². The van der Waals surface area contributed by atoms with Crippen molar-refractivity contribution in [3.63, 3.8) is 0 Å². The van der Waals surface area contributed by atoms with E-state index in [9.17, 15) is 8.42 Å². The van der Waals surface area contributed by atoms with E-state index in [1.54, 1.807) is 51.1 Å². The van der Waals surface area contributed by atoms with Gasteiger partial charge < -0.3 is 10.2 Å². The van der Waals surface area contributed by atoms with Crippen molar-refractivity contribution in [2.75, 3.05) is 5.75 Å². The molecule has 0 aliphatic carbocycles. The van der Waals surface area contributed by atoms with E-state index in [4.69, 9.17) is 28.3 Å². The van der Waals surface area contributed by atoms with E-state index < -0.39 is 20.1 Å². The summed E-state index contributed by atoms with van der Waals surface area (Å²) in [7, 11) is -3.56. The topological polar surface area (TPSA) is 116 Å². The SMILES string of the molecule is [C-]#[N+]c1ccc(-c2nnc(-c3cc(Cl)c([C@]4(C)CS(=O)(=O)C(C)(C)C(N)=N4)s3)o2)cc1. The zero-order valence-electron chi connectivity index (χ0n) is 16.9. The Hall–Kier alpha value is -2.74. The summed E-state index contributed by atoms with van der Waals surface area (Å²) in [6.07, 6.45) is 0. The first-order valence-electron chi connectivity index (χ1n) is 9.16. The van der Waals surface area contributed by atoms with Gasteiger partial charge in [-0.1, -0.05) is 35.9 Å². The summed E-state index contributed by atoms with van der Waals surface area (Å²) in [6, 6.07) is 8.45. The maximum absolute atomic E-state index is 12.8. The fourth-order valence-electron chi connectivity index (χ4n) is 3.22. The van der Waals surface area contributed by atoms with Crippen molar-refractivity contribution in [3.05, 3.63) is 51.6 Å². The molecule has 0 radical (unpaired) electrons. The summed E-state index contributed by atoms with van der Waals surface area (Å²) in [4.78, 5) is 9.03. The highest BCUT2D eigenvalue weighted by molar-refractivity contribution is 7.93. The number of sulfone groups is 1. The largest absolute Gasteiger partial charge is 0.415 e. The quantitative estimate of drug-likeness (QED) is 0.559. The molecule has 3 heterocycles. The third kappa shape index (κ3) is 3.52. The summed E-state index contributed by atoms with van der Waals surface area (Å²) < 4.78 is 30.2. The van der Waals surface area contributed by atoms with Gasteiger partial charge in [-0.3, -0.25) is 4.99 Å². The van der Waals surface area contributed by atoms with Gasteiger partial charge in [-0.05, 0) is 26.8 Å². The van der Waals surface area contributed by atoms with Crippen LogP contribution in [0, 0.1) is 6.57 Å². The molecule has 2 N–H and O–H groups in total. The van der Waals surface area contributed by atoms with Crippen molar-refractivity contribution >= 4 is 44.3 Å². The fraction of sp³-hybridized carbons (Fsp3) is 0.300. The molecular weight excluding hydrogens is 458 g/mol. The first kappa shape index (κ1) is 21.5. The van der Waals surface area contributed by atoms with E-state index in [0.29, 0.717) is 31.9 Å². The lowest BCUT2D eigenvalue weighted by atomic mass is 10.0. The van der Waals surface area contributed by atoms with Crippen LogP contribution in [0.5, 0.6) is 0 Å². The van der Waals surface area contributed by atoms with Crippen LogP contribution in [0.1, 0.15) is 25.6 Å². The van der Waals surface area contributed by atoms with Crippen LogP contribution >= 0.6 is 22.9 Å². The number of thiophene rings is 1. The van der Waals surface area contributed by atoms with Crippen molar-refractivity contribution < 1.29 is 12.8 Å². The number of amidine groups is 1. The van der Waals surface area contributed by atoms with Crippen molar-refractivity contribution in [2.45, 2.75) is 31.1 Å². The molecule has 0 unspecified atom stereocenters. The van der Waals surface area contributed by atoms with Gasteiger partial charge in [-0.25, -0.2) is 13.3 Å². The molecule has 1 aromatic carbocycles. The van der Waals surface area contributed by atoms with Crippen LogP contribution in [0.25, 0.3) is 27.1 Å². The van der Waals surface area contributed by atoms with E-state index in [0.717, 1.165) is 0 Å². The summed E-state index contributed by atoms with van der Waals surface area (Å²) >= 11 is 7.71. The Morgan fingerprint density at radius 2 is 1.84 bits per heavy atom. The molecule has 4 rings (SSSR count). The fourth-order valence-corrected chi connectivity index (χ4v) is 6.54. The second-order valence-electron chi connectivity index (χ2n) is 7.90. The molecule has 11 heteroatoms. The van der Waals surface area contributed by atoms with Gasteiger partial charge in [-0.2, -0.15) is 0 Å². The maximum Gasteiger partial charge on any atom is 0.258 e. The van der Waals surface area contributed by atoms with Crippen molar-refractivity contribution in [3.8, 4) is 22.2 Å². The maximum atomic E-state index is 12.8. The number of hydrogen-bond donors (Lipinski definition) is 1. The summed E-state index contributed by atoms with van der Waals surface area (Å²) in [5, 5.41) is 8.51. The van der Waals surface area contributed by atoms with E-state index in [1.807, 2.05) is 0 Å². The number of aliphatic imine (C=N–C) groups is 1. The minimum Gasteiger partial charge on any atom is -0.415 e. The molecule has 31 heavy (non-hydrogen) atoms. The molecule has 0 saturated carbocycles. The third-order valence-electron chi connectivity index (χ3n) is 5.29. The molecule has 0 spiro atoms. The Balaban J connectivity index is 1.71. The molecule has 0 saturated heterocycles. The Kier molecular flexibility index (Phi) is 4.96. The summed E-state index contributed by atoms with van der Waals surface area (Å²) in [5.41, 5.74) is 6.11. The second kappa shape index (κ2) is 7.15. The lowest BCUT2D eigenvalue weighted by Crippen LogP contribution is -2.54. The van der Waals surface area contributed by atoms with Gasteiger partial charge in [-0.15, -0.1) is 21.5 Å². The van der Waals surface area contributed by atoms with Crippen LogP contribution in [0.15, 0.2) is 39.7 Å². The Morgan fingerprint density at radius 1 is 1.19 bits per heavy atom. The summed E-state index contributed by atoms with van der Waals surface area (Å²) in [6.45, 7) is 11.8. The predicted octanol–water partition coefficient (Wildman–Crippen LogP) is 4.45. The minimum atomic E-state index is -3.56. The Morgan fingerprint density at radius 3 is 2.45 bits per heavy atom. The number of benzene rings is 1. The highest BCUT2D eigenvalue weighted by Gasteiger charge is 2.50. The summed E-state index contributed by atoms with van der Waals surface area (Å²) in [5.74, 6) is 0.390. The molecule has 1 aliphatic rings. The van der Waals surface area contributed by atoms with Gasteiger partial charge >= 0.3 is 0 Å². The average molecular weight is 476 g/mol. The number of aromatic nitrogens is 2. The highest BCUT2D eigenvalue weighted by atomic mass is 35.5. The molecule has 160 valence electrons. The van der Waals surface area contributed by atoms with E-state index >= 15 is 0 Å². The number of rotatable bonds is 3. The molecule has 2 aromatic heterocycles. The lowest BCUT2D eigenvalue weighted by molar-refractivity contribution is 0.507. The van der Waals surface area contributed by atoms with Crippen molar-refractivity contribution in [1.82, 2.24) is 10.2 Å². The molecule has 0 fully saturated rings. The monoisotopic (exact) mass is 475 g/mol. The van der Waals surface area contributed by atoms with E-state index in [2.05, 4.69) is 20.0 Å². The van der Waals surface area contributed by atoms with Gasteiger partial charge in [0.1, 0.15) is 16.1 Å². The minimum absolute atomic E-state index is 0.0511. The highest BCUT2D eigenvalue weighted by Crippen LogP contribution is 2.45. The normalized spacial score (nSPS) is 22.0. The first-order valence-corrected chi connectivity index (χ1v) is 12.0. The van der Waals surface area contributed by atoms with Crippen LogP contribution in [0.4, 0.5) is 5.69 Å². The molecule has 0 amide bonds. The second-order valence-corrected chi connectivity index (χ2v) is 11.9. The van der Waals surface area contributed by atoms with Crippen LogP contribution in [0.2, 0.25) is 5.02 Å². The number of nitrogens with zero attached hydrogens (tertiary/aromatic N) is 4. The molecule has 0 bridgehead atoms. The van der Waals surface area contributed by atoms with Gasteiger partial charge in [0, 0.05) is 5.56 Å². The third-order valence-corrected chi connectivity index (χ3v) is 9.78. The van der Waals surface area contributed by atoms with Gasteiger partial charge in [0.25, 0.3) is 5.89 Å². The first-order chi connectivity index (χ1) is 14.5. The predicted molar refractivity (Wildman–Crippen MR) is 121 cm³/mol. The van der Waals surface area contributed by atoms with Crippen LogP contribution in [0.3, 0.4) is 0 Å². The smallest absolute Gasteiger partial charge is 0.258 e. The van der Waals surface area contributed by atoms with E-state index in [-0.39, 0.29) is 17.5 Å². The van der Waals surface area contributed by atoms with Crippen LogP contribution in [-0.2, 0) is 15.4 Å². The average Bonchev–Trinajstić information content (AvgIpc) is 3.33. The standard InChI is InChI=1S/C20H18ClN5O3S2/c1-19(2)18(22)24-20(3,10-31(19,27)28)15-13(21)9-14(30-15)17-26-25-16(29-17)11-5-7-12(23-4)8-6-11/h5-9H,10H2,1-3H3,(H2,22,24)/t20-/m0/s1.